The summed E-state index contributed by atoms with van der Waals surface area (Å²) in [7, 11) is 0. The Kier molecular flexibility index (Phi) is 4.51. The van der Waals surface area contributed by atoms with Gasteiger partial charge in [0, 0.05) is 30.3 Å². The van der Waals surface area contributed by atoms with Gasteiger partial charge in [-0.2, -0.15) is 0 Å². The summed E-state index contributed by atoms with van der Waals surface area (Å²) in [5.41, 5.74) is 0. The maximum Gasteiger partial charge on any atom is 0.133 e. The first kappa shape index (κ1) is 14.2. The minimum Gasteiger partial charge on any atom is -0.396 e. The number of aliphatic hydroxyl groups excluding tert-OH is 1. The molecule has 1 aliphatic heterocycles. The molecule has 0 saturated carbocycles. The molecule has 1 saturated heterocycles. The van der Waals surface area contributed by atoms with Crippen molar-refractivity contribution in [3.8, 4) is 9.88 Å². The monoisotopic (exact) mass is 308 g/mol. The van der Waals surface area contributed by atoms with Gasteiger partial charge in [-0.25, -0.2) is 4.98 Å². The summed E-state index contributed by atoms with van der Waals surface area (Å²) < 4.78 is 0. The number of hydrogen-bond donors (Lipinski definition) is 1. The first-order valence-electron chi connectivity index (χ1n) is 7.09. The first-order valence-corrected chi connectivity index (χ1v) is 8.79. The number of aromatic nitrogens is 1. The molecule has 3 rings (SSSR count). The third kappa shape index (κ3) is 3.11. The zero-order chi connectivity index (χ0) is 13.9. The molecule has 2 aromatic rings. The van der Waals surface area contributed by atoms with Crippen molar-refractivity contribution in [1.82, 2.24) is 9.88 Å². The summed E-state index contributed by atoms with van der Waals surface area (Å²) in [6, 6.07) is 4.75. The molecular weight excluding hydrogens is 288 g/mol. The molecule has 2 aromatic heterocycles. The Morgan fingerprint density at radius 1 is 1.50 bits per heavy atom. The molecule has 0 amide bonds. The van der Waals surface area contributed by atoms with Crippen molar-refractivity contribution in [3.63, 3.8) is 0 Å². The molecule has 0 aliphatic carbocycles. The number of aliphatic hydroxyl groups is 1. The van der Waals surface area contributed by atoms with Crippen LogP contribution in [0.25, 0.3) is 9.88 Å². The lowest BCUT2D eigenvalue weighted by Gasteiger charge is -2.36. The van der Waals surface area contributed by atoms with Gasteiger partial charge in [0.15, 0.2) is 0 Å². The van der Waals surface area contributed by atoms with Crippen LogP contribution in [0.3, 0.4) is 0 Å². The highest BCUT2D eigenvalue weighted by Gasteiger charge is 2.25. The van der Waals surface area contributed by atoms with E-state index in [9.17, 15) is 5.11 Å². The highest BCUT2D eigenvalue weighted by molar-refractivity contribution is 7.20. The van der Waals surface area contributed by atoms with E-state index in [1.165, 1.54) is 9.75 Å². The van der Waals surface area contributed by atoms with Crippen molar-refractivity contribution >= 4 is 22.7 Å². The van der Waals surface area contributed by atoms with Crippen LogP contribution in [0.4, 0.5) is 0 Å². The second-order valence-electron chi connectivity index (χ2n) is 5.50. The number of nitrogens with zero attached hydrogens (tertiary/aromatic N) is 2. The molecule has 1 N–H and O–H groups in total. The SMILES string of the molecule is C[C@H]1C[C@@H](CO)CCN1Cc1cnc(-c2cccs2)s1. The number of hydrogen-bond acceptors (Lipinski definition) is 5. The molecule has 1 fully saturated rings. The minimum absolute atomic E-state index is 0.335. The average Bonchev–Trinajstić information content (AvgIpc) is 3.11. The van der Waals surface area contributed by atoms with Crippen LogP contribution in [0.15, 0.2) is 23.7 Å². The lowest BCUT2D eigenvalue weighted by Crippen LogP contribution is -2.40. The zero-order valence-electron chi connectivity index (χ0n) is 11.7. The van der Waals surface area contributed by atoms with Crippen LogP contribution in [-0.2, 0) is 6.54 Å². The predicted octanol–water partition coefficient (Wildman–Crippen LogP) is 3.46. The highest BCUT2D eigenvalue weighted by Crippen LogP contribution is 2.31. The van der Waals surface area contributed by atoms with Crippen molar-refractivity contribution in [2.45, 2.75) is 32.4 Å². The van der Waals surface area contributed by atoms with E-state index < -0.39 is 0 Å². The fraction of sp³-hybridized carbons (Fsp3) is 0.533. The molecule has 3 heterocycles. The summed E-state index contributed by atoms with van der Waals surface area (Å²) in [5.74, 6) is 0.490. The Balaban J connectivity index is 1.64. The normalized spacial score (nSPS) is 24.1. The largest absolute Gasteiger partial charge is 0.396 e. The number of rotatable bonds is 4. The maximum atomic E-state index is 9.27. The van der Waals surface area contributed by atoms with Gasteiger partial charge in [-0.15, -0.1) is 22.7 Å². The molecule has 108 valence electrons. The van der Waals surface area contributed by atoms with Gasteiger partial charge >= 0.3 is 0 Å². The lowest BCUT2D eigenvalue weighted by atomic mass is 9.92. The molecule has 1 aliphatic rings. The van der Waals surface area contributed by atoms with Crippen LogP contribution in [0.2, 0.25) is 0 Å². The number of thiophene rings is 1. The van der Waals surface area contributed by atoms with Crippen LogP contribution in [0.1, 0.15) is 24.6 Å². The van der Waals surface area contributed by atoms with Gasteiger partial charge in [0.2, 0.25) is 0 Å². The van der Waals surface area contributed by atoms with Crippen LogP contribution < -0.4 is 0 Å². The first-order chi connectivity index (χ1) is 9.76. The van der Waals surface area contributed by atoms with Crippen LogP contribution >= 0.6 is 22.7 Å². The smallest absolute Gasteiger partial charge is 0.133 e. The van der Waals surface area contributed by atoms with E-state index >= 15 is 0 Å². The molecule has 0 bridgehead atoms. The molecule has 20 heavy (non-hydrogen) atoms. The van der Waals surface area contributed by atoms with E-state index in [1.54, 1.807) is 22.7 Å². The van der Waals surface area contributed by atoms with Crippen molar-refractivity contribution in [2.24, 2.45) is 5.92 Å². The summed E-state index contributed by atoms with van der Waals surface area (Å²) >= 11 is 3.55. The summed E-state index contributed by atoms with van der Waals surface area (Å²) in [4.78, 5) is 9.65. The summed E-state index contributed by atoms with van der Waals surface area (Å²) in [6.45, 7) is 4.67. The Hall–Kier alpha value is -0.750. The summed E-state index contributed by atoms with van der Waals surface area (Å²) in [5, 5.41) is 12.5. The van der Waals surface area contributed by atoms with Gasteiger partial charge in [-0.1, -0.05) is 6.07 Å². The molecule has 0 radical (unpaired) electrons. The van der Waals surface area contributed by atoms with Gasteiger partial charge in [-0.3, -0.25) is 4.90 Å². The fourth-order valence-corrected chi connectivity index (χ4v) is 4.56. The molecule has 0 spiro atoms. The number of thiazole rings is 1. The third-order valence-corrected chi connectivity index (χ3v) is 6.05. The highest BCUT2D eigenvalue weighted by atomic mass is 32.1. The van der Waals surface area contributed by atoms with Gasteiger partial charge in [-0.05, 0) is 43.7 Å². The van der Waals surface area contributed by atoms with Crippen molar-refractivity contribution in [1.29, 1.82) is 0 Å². The van der Waals surface area contributed by atoms with Gasteiger partial charge in [0.05, 0.1) is 4.88 Å². The van der Waals surface area contributed by atoms with Crippen LogP contribution in [-0.4, -0.2) is 34.2 Å². The number of piperidine rings is 1. The van der Waals surface area contributed by atoms with Gasteiger partial charge in [0.25, 0.3) is 0 Å². The lowest BCUT2D eigenvalue weighted by molar-refractivity contribution is 0.0846. The van der Waals surface area contributed by atoms with E-state index in [2.05, 4.69) is 34.3 Å². The quantitative estimate of drug-likeness (QED) is 0.939. The van der Waals surface area contributed by atoms with E-state index in [1.807, 2.05) is 6.20 Å². The summed E-state index contributed by atoms with van der Waals surface area (Å²) in [6.07, 6.45) is 4.23. The fourth-order valence-electron chi connectivity index (χ4n) is 2.81. The van der Waals surface area contributed by atoms with Crippen molar-refractivity contribution in [3.05, 3.63) is 28.6 Å². The molecular formula is C15H20N2OS2. The second kappa shape index (κ2) is 6.35. The van der Waals surface area contributed by atoms with E-state index in [4.69, 9.17) is 0 Å². The van der Waals surface area contributed by atoms with Crippen LogP contribution in [0.5, 0.6) is 0 Å². The molecule has 5 heteroatoms. The van der Waals surface area contributed by atoms with E-state index in [0.29, 0.717) is 18.6 Å². The van der Waals surface area contributed by atoms with E-state index in [0.717, 1.165) is 30.9 Å². The molecule has 3 nitrogen and oxygen atoms in total. The Bertz CT molecular complexity index is 538. The number of likely N-dealkylation sites (tertiary alicyclic amines) is 1. The molecule has 2 atom stereocenters. The maximum absolute atomic E-state index is 9.27. The van der Waals surface area contributed by atoms with Gasteiger partial charge in [0.1, 0.15) is 5.01 Å². The standard InChI is InChI=1S/C15H20N2OS2/c1-11-7-12(10-18)4-5-17(11)9-13-8-16-15(20-13)14-3-2-6-19-14/h2-3,6,8,11-12,18H,4-5,7,9-10H2,1H3/t11-,12-/m0/s1. The van der Waals surface area contributed by atoms with Crippen molar-refractivity contribution in [2.75, 3.05) is 13.2 Å². The third-order valence-electron chi connectivity index (χ3n) is 4.03. The Morgan fingerprint density at radius 3 is 3.10 bits per heavy atom. The Morgan fingerprint density at radius 2 is 2.40 bits per heavy atom. The Labute approximate surface area is 127 Å². The van der Waals surface area contributed by atoms with Gasteiger partial charge < -0.3 is 5.11 Å². The average molecular weight is 308 g/mol. The minimum atomic E-state index is 0.335. The zero-order valence-corrected chi connectivity index (χ0v) is 13.3. The topological polar surface area (TPSA) is 36.4 Å². The van der Waals surface area contributed by atoms with Crippen molar-refractivity contribution < 1.29 is 5.11 Å². The molecule has 0 aromatic carbocycles. The van der Waals surface area contributed by atoms with Crippen LogP contribution in [0, 0.1) is 5.92 Å². The van der Waals surface area contributed by atoms with E-state index in [-0.39, 0.29) is 0 Å². The second-order valence-corrected chi connectivity index (χ2v) is 7.56. The molecule has 0 unspecified atom stereocenters. The predicted molar refractivity (Wildman–Crippen MR) is 85.1 cm³/mol.